The average Bonchev–Trinajstić information content (AvgIpc) is 3.35. The van der Waals surface area contributed by atoms with E-state index in [1.807, 2.05) is 65.4 Å². The van der Waals surface area contributed by atoms with Crippen LogP contribution < -0.4 is 5.32 Å². The number of nitrogens with zero attached hydrogens (tertiary/aromatic N) is 5. The van der Waals surface area contributed by atoms with E-state index in [0.717, 1.165) is 41.2 Å². The van der Waals surface area contributed by atoms with Crippen molar-refractivity contribution in [3.05, 3.63) is 82.7 Å². The molecule has 0 bridgehead atoms. The van der Waals surface area contributed by atoms with Gasteiger partial charge in [0.2, 0.25) is 5.91 Å². The van der Waals surface area contributed by atoms with Gasteiger partial charge in [0, 0.05) is 18.2 Å². The second kappa shape index (κ2) is 9.84. The van der Waals surface area contributed by atoms with Gasteiger partial charge in [-0.15, -0.1) is 10.2 Å². The summed E-state index contributed by atoms with van der Waals surface area (Å²) < 4.78 is 9.56. The van der Waals surface area contributed by atoms with Gasteiger partial charge in [0.05, 0.1) is 24.1 Å². The lowest BCUT2D eigenvalue weighted by molar-refractivity contribution is -0.113. The minimum atomic E-state index is -0.196. The van der Waals surface area contributed by atoms with E-state index in [4.69, 9.17) is 4.42 Å². The Morgan fingerprint density at radius 2 is 1.94 bits per heavy atom. The number of nitriles is 1. The first-order valence-electron chi connectivity index (χ1n) is 11.6. The Hall–Kier alpha value is -3.77. The highest BCUT2D eigenvalue weighted by Crippen LogP contribution is 2.40. The van der Waals surface area contributed by atoms with Gasteiger partial charge in [0.1, 0.15) is 23.5 Å². The largest absolute Gasteiger partial charge is 0.467 e. The zero-order valence-electron chi connectivity index (χ0n) is 19.7. The Labute approximate surface area is 208 Å². The predicted octanol–water partition coefficient (Wildman–Crippen LogP) is 4.87. The lowest BCUT2D eigenvalue weighted by Gasteiger charge is -2.13. The molecule has 0 radical (unpaired) electrons. The van der Waals surface area contributed by atoms with Gasteiger partial charge in [0.25, 0.3) is 0 Å². The Bertz CT molecular complexity index is 1380. The molecule has 1 aromatic carbocycles. The van der Waals surface area contributed by atoms with E-state index in [2.05, 4.69) is 21.6 Å². The fourth-order valence-electron chi connectivity index (χ4n) is 4.15. The van der Waals surface area contributed by atoms with Crippen LogP contribution in [0.3, 0.4) is 0 Å². The normalized spacial score (nSPS) is 13.1. The molecule has 5 rings (SSSR count). The highest BCUT2D eigenvalue weighted by molar-refractivity contribution is 7.99. The zero-order valence-corrected chi connectivity index (χ0v) is 20.5. The van der Waals surface area contributed by atoms with E-state index >= 15 is 0 Å². The number of carbonyl (C=O) groups is 1. The third-order valence-electron chi connectivity index (χ3n) is 6.30. The van der Waals surface area contributed by atoms with Crippen LogP contribution in [0.2, 0.25) is 0 Å². The number of anilines is 1. The summed E-state index contributed by atoms with van der Waals surface area (Å²) in [6, 6.07) is 16.1. The average molecular weight is 487 g/mol. The summed E-state index contributed by atoms with van der Waals surface area (Å²) in [5.41, 5.74) is 3.42. The Kier molecular flexibility index (Phi) is 6.47. The van der Waals surface area contributed by atoms with Crippen molar-refractivity contribution in [2.24, 2.45) is 0 Å². The predicted molar refractivity (Wildman–Crippen MR) is 133 cm³/mol. The van der Waals surface area contributed by atoms with E-state index in [0.29, 0.717) is 35.5 Å². The van der Waals surface area contributed by atoms with Gasteiger partial charge < -0.3 is 14.3 Å². The maximum absolute atomic E-state index is 13.0. The maximum atomic E-state index is 13.0. The van der Waals surface area contributed by atoms with Crippen molar-refractivity contribution < 1.29 is 9.21 Å². The number of hydrogen-bond donors (Lipinski definition) is 1. The maximum Gasteiger partial charge on any atom is 0.235 e. The van der Waals surface area contributed by atoms with E-state index in [9.17, 15) is 10.1 Å². The van der Waals surface area contributed by atoms with Crippen LogP contribution in [-0.4, -0.2) is 31.0 Å². The molecule has 35 heavy (non-hydrogen) atoms. The Balaban J connectivity index is 1.33. The number of rotatable bonds is 9. The molecule has 0 spiro atoms. The molecule has 1 aliphatic rings. The summed E-state index contributed by atoms with van der Waals surface area (Å²) in [5, 5.41) is 22.2. The molecule has 178 valence electrons. The van der Waals surface area contributed by atoms with Crippen LogP contribution >= 0.6 is 11.8 Å². The molecular weight excluding hydrogens is 460 g/mol. The summed E-state index contributed by atoms with van der Waals surface area (Å²) in [7, 11) is 0. The van der Waals surface area contributed by atoms with Gasteiger partial charge in [-0.3, -0.25) is 9.36 Å². The lowest BCUT2D eigenvalue weighted by Crippen LogP contribution is -2.19. The first-order valence-corrected chi connectivity index (χ1v) is 12.6. The Morgan fingerprint density at radius 1 is 1.14 bits per heavy atom. The quantitative estimate of drug-likeness (QED) is 0.339. The standard InChI is InChI=1S/C26H26N6O2S/c1-17-18(2)31(14-19-7-4-3-5-8-19)25(22(17)13-27)28-23(33)16-35-26-30-29-24(20-10-11-20)32(26)15-21-9-6-12-34-21/h3-9,12,20H,10-11,14-16H2,1-2H3,(H,28,33). The minimum absolute atomic E-state index is 0.153. The van der Waals surface area contributed by atoms with E-state index in [-0.39, 0.29) is 11.7 Å². The molecule has 0 unspecified atom stereocenters. The molecule has 1 N–H and O–H groups in total. The summed E-state index contributed by atoms with van der Waals surface area (Å²) in [6.45, 7) is 4.99. The monoisotopic (exact) mass is 486 g/mol. The molecule has 3 heterocycles. The second-order valence-electron chi connectivity index (χ2n) is 8.73. The van der Waals surface area contributed by atoms with Crippen LogP contribution in [0.5, 0.6) is 0 Å². The van der Waals surface area contributed by atoms with Crippen molar-refractivity contribution in [2.45, 2.75) is 50.9 Å². The van der Waals surface area contributed by atoms with Crippen molar-refractivity contribution in [1.82, 2.24) is 19.3 Å². The molecule has 4 aromatic rings. The van der Waals surface area contributed by atoms with Gasteiger partial charge in [-0.2, -0.15) is 5.26 Å². The highest BCUT2D eigenvalue weighted by Gasteiger charge is 2.31. The van der Waals surface area contributed by atoms with E-state index < -0.39 is 0 Å². The first-order chi connectivity index (χ1) is 17.0. The fraction of sp³-hybridized carbons (Fsp3) is 0.308. The lowest BCUT2D eigenvalue weighted by atomic mass is 10.2. The molecule has 1 saturated carbocycles. The number of furan rings is 1. The third kappa shape index (κ3) is 4.88. The van der Waals surface area contributed by atoms with Gasteiger partial charge in [0.15, 0.2) is 5.16 Å². The van der Waals surface area contributed by atoms with E-state index in [1.54, 1.807) is 6.26 Å². The van der Waals surface area contributed by atoms with E-state index in [1.165, 1.54) is 11.8 Å². The summed E-state index contributed by atoms with van der Waals surface area (Å²) in [6.07, 6.45) is 3.86. The molecule has 9 heteroatoms. The van der Waals surface area contributed by atoms with Gasteiger partial charge in [-0.25, -0.2) is 0 Å². The van der Waals surface area contributed by atoms with Crippen LogP contribution in [0.4, 0.5) is 5.82 Å². The molecule has 1 amide bonds. The molecule has 0 atom stereocenters. The van der Waals surface area contributed by atoms with Crippen LogP contribution in [0.1, 0.15) is 52.7 Å². The number of benzene rings is 1. The van der Waals surface area contributed by atoms with Crippen LogP contribution in [0, 0.1) is 25.2 Å². The Morgan fingerprint density at radius 3 is 2.63 bits per heavy atom. The summed E-state index contributed by atoms with van der Waals surface area (Å²) in [4.78, 5) is 13.0. The highest BCUT2D eigenvalue weighted by atomic mass is 32.2. The number of amides is 1. The summed E-state index contributed by atoms with van der Waals surface area (Å²) >= 11 is 1.34. The number of carbonyl (C=O) groups excluding carboxylic acids is 1. The van der Waals surface area contributed by atoms with Gasteiger partial charge in [-0.05, 0) is 49.9 Å². The minimum Gasteiger partial charge on any atom is -0.467 e. The van der Waals surface area contributed by atoms with Crippen molar-refractivity contribution in [1.29, 1.82) is 5.26 Å². The molecule has 1 aliphatic carbocycles. The first kappa shape index (κ1) is 23.0. The SMILES string of the molecule is Cc1c(C#N)c(NC(=O)CSc2nnc(C3CC3)n2Cc2ccco2)n(Cc2ccccc2)c1C. The zero-order chi connectivity index (χ0) is 24.4. The van der Waals surface area contributed by atoms with Crippen LogP contribution in [-0.2, 0) is 17.9 Å². The topological polar surface area (TPSA) is 102 Å². The molecule has 1 fully saturated rings. The van der Waals surface area contributed by atoms with Crippen LogP contribution in [0.15, 0.2) is 58.3 Å². The van der Waals surface area contributed by atoms with Gasteiger partial charge >= 0.3 is 0 Å². The van der Waals surface area contributed by atoms with Crippen molar-refractivity contribution >= 4 is 23.5 Å². The second-order valence-corrected chi connectivity index (χ2v) is 9.68. The molecule has 8 nitrogen and oxygen atoms in total. The molecule has 3 aromatic heterocycles. The molecule has 0 saturated heterocycles. The number of hydrogen-bond acceptors (Lipinski definition) is 6. The van der Waals surface area contributed by atoms with Crippen molar-refractivity contribution in [3.8, 4) is 6.07 Å². The van der Waals surface area contributed by atoms with Gasteiger partial charge in [-0.1, -0.05) is 42.1 Å². The van der Waals surface area contributed by atoms with Crippen molar-refractivity contribution in [3.63, 3.8) is 0 Å². The third-order valence-corrected chi connectivity index (χ3v) is 7.26. The number of thioether (sulfide) groups is 1. The smallest absolute Gasteiger partial charge is 0.235 e. The summed E-state index contributed by atoms with van der Waals surface area (Å²) in [5.74, 6) is 2.68. The molecule has 0 aliphatic heterocycles. The number of nitrogens with one attached hydrogen (secondary N) is 1. The molecular formula is C26H26N6O2S. The number of aromatic nitrogens is 4. The van der Waals surface area contributed by atoms with Crippen molar-refractivity contribution in [2.75, 3.05) is 11.1 Å². The van der Waals surface area contributed by atoms with Crippen LogP contribution in [0.25, 0.3) is 0 Å². The fourth-order valence-corrected chi connectivity index (χ4v) is 4.89.